The van der Waals surface area contributed by atoms with Crippen LogP contribution in [0.25, 0.3) is 10.4 Å². The Morgan fingerprint density at radius 3 is 2.82 bits per heavy atom. The van der Waals surface area contributed by atoms with Gasteiger partial charge >= 0.3 is 5.97 Å². The number of benzene rings is 1. The van der Waals surface area contributed by atoms with Crippen molar-refractivity contribution in [3.63, 3.8) is 0 Å². The van der Waals surface area contributed by atoms with E-state index in [1.165, 1.54) is 0 Å². The Labute approximate surface area is 95.3 Å². The van der Waals surface area contributed by atoms with Crippen molar-refractivity contribution in [3.8, 4) is 0 Å². The van der Waals surface area contributed by atoms with Crippen LogP contribution < -0.4 is 0 Å². The largest absolute Gasteiger partial charge is 0.481 e. The van der Waals surface area contributed by atoms with Gasteiger partial charge in [-0.3, -0.25) is 4.79 Å². The minimum Gasteiger partial charge on any atom is -0.481 e. The highest BCUT2D eigenvalue weighted by Crippen LogP contribution is 2.26. The summed E-state index contributed by atoms with van der Waals surface area (Å²) < 4.78 is 26.3. The van der Waals surface area contributed by atoms with Gasteiger partial charge in [0.2, 0.25) is 0 Å². The molecule has 5 nitrogen and oxygen atoms in total. The van der Waals surface area contributed by atoms with Gasteiger partial charge in [-0.15, -0.1) is 0 Å². The zero-order valence-corrected chi connectivity index (χ0v) is 8.68. The van der Waals surface area contributed by atoms with E-state index in [0.717, 1.165) is 18.2 Å². The smallest absolute Gasteiger partial charge is 0.303 e. The van der Waals surface area contributed by atoms with Gasteiger partial charge in [-0.25, -0.2) is 8.78 Å². The first-order chi connectivity index (χ1) is 8.04. The van der Waals surface area contributed by atoms with Crippen LogP contribution in [0.4, 0.5) is 8.78 Å². The van der Waals surface area contributed by atoms with Gasteiger partial charge in [-0.05, 0) is 35.7 Å². The summed E-state index contributed by atoms with van der Waals surface area (Å²) in [7, 11) is 0. The molecule has 0 aliphatic carbocycles. The summed E-state index contributed by atoms with van der Waals surface area (Å²) in [6.07, 6.45) is -0.376. The average Bonchev–Trinajstić information content (AvgIpc) is 2.27. The minimum absolute atomic E-state index is 0.0836. The number of nitrogens with zero attached hydrogens (tertiary/aromatic N) is 3. The molecule has 0 bridgehead atoms. The SMILES string of the molecule is [N-]=[N+]=NC(CCC(=O)O)c1cc(F)ccc1F. The molecule has 0 radical (unpaired) electrons. The summed E-state index contributed by atoms with van der Waals surface area (Å²) in [5, 5.41) is 11.8. The molecule has 0 amide bonds. The Balaban J connectivity index is 3.00. The second-order valence-electron chi connectivity index (χ2n) is 3.32. The van der Waals surface area contributed by atoms with Crippen molar-refractivity contribution in [2.75, 3.05) is 0 Å². The van der Waals surface area contributed by atoms with Gasteiger partial charge in [0.15, 0.2) is 0 Å². The van der Waals surface area contributed by atoms with Gasteiger partial charge < -0.3 is 5.11 Å². The summed E-state index contributed by atoms with van der Waals surface area (Å²) in [4.78, 5) is 12.9. The number of rotatable bonds is 5. The number of azide groups is 1. The van der Waals surface area contributed by atoms with Crippen molar-refractivity contribution in [2.45, 2.75) is 18.9 Å². The highest BCUT2D eigenvalue weighted by atomic mass is 19.1. The first kappa shape index (κ1) is 12.9. The van der Waals surface area contributed by atoms with Crippen molar-refractivity contribution in [1.29, 1.82) is 0 Å². The van der Waals surface area contributed by atoms with E-state index in [4.69, 9.17) is 10.6 Å². The highest BCUT2D eigenvalue weighted by molar-refractivity contribution is 5.66. The fourth-order valence-electron chi connectivity index (χ4n) is 1.37. The third-order valence-electron chi connectivity index (χ3n) is 2.14. The number of carbonyl (C=O) groups is 1. The molecule has 1 aromatic rings. The fourth-order valence-corrected chi connectivity index (χ4v) is 1.37. The Morgan fingerprint density at radius 2 is 2.24 bits per heavy atom. The second kappa shape index (κ2) is 5.81. The lowest BCUT2D eigenvalue weighted by Crippen LogP contribution is -2.03. The van der Waals surface area contributed by atoms with Gasteiger partial charge in [0.05, 0.1) is 6.04 Å². The molecule has 0 fully saturated rings. The van der Waals surface area contributed by atoms with E-state index in [2.05, 4.69) is 10.0 Å². The van der Waals surface area contributed by atoms with Gasteiger partial charge in [0.1, 0.15) is 11.6 Å². The van der Waals surface area contributed by atoms with Gasteiger partial charge in [-0.1, -0.05) is 5.11 Å². The van der Waals surface area contributed by atoms with Crippen LogP contribution in [0.3, 0.4) is 0 Å². The Bertz CT molecular complexity index is 473. The molecule has 0 heterocycles. The van der Waals surface area contributed by atoms with Crippen molar-refractivity contribution >= 4 is 5.97 Å². The van der Waals surface area contributed by atoms with E-state index in [0.29, 0.717) is 0 Å². The summed E-state index contributed by atoms with van der Waals surface area (Å²) in [6.45, 7) is 0. The molecule has 7 heteroatoms. The van der Waals surface area contributed by atoms with Crippen LogP contribution in [0.5, 0.6) is 0 Å². The summed E-state index contributed by atoms with van der Waals surface area (Å²) in [5.41, 5.74) is 8.18. The Hall–Kier alpha value is -2.14. The molecule has 1 unspecified atom stereocenters. The van der Waals surface area contributed by atoms with Crippen LogP contribution in [-0.2, 0) is 4.79 Å². The van der Waals surface area contributed by atoms with Crippen molar-refractivity contribution in [1.82, 2.24) is 0 Å². The monoisotopic (exact) mass is 241 g/mol. The van der Waals surface area contributed by atoms with Gasteiger partial charge in [-0.2, -0.15) is 0 Å². The van der Waals surface area contributed by atoms with Crippen molar-refractivity contribution in [2.24, 2.45) is 5.11 Å². The molecule has 1 aromatic carbocycles. The van der Waals surface area contributed by atoms with E-state index in [1.807, 2.05) is 0 Å². The van der Waals surface area contributed by atoms with Crippen LogP contribution in [0.2, 0.25) is 0 Å². The maximum atomic E-state index is 13.4. The lowest BCUT2D eigenvalue weighted by Gasteiger charge is -2.11. The summed E-state index contributed by atoms with van der Waals surface area (Å²) in [6, 6.07) is 1.72. The van der Waals surface area contributed by atoms with E-state index >= 15 is 0 Å². The topological polar surface area (TPSA) is 86.1 Å². The predicted octanol–water partition coefficient (Wildman–Crippen LogP) is 3.18. The molecule has 0 saturated heterocycles. The van der Waals surface area contributed by atoms with Crippen LogP contribution in [0.1, 0.15) is 24.4 Å². The molecule has 1 rings (SSSR count). The van der Waals surface area contributed by atoms with Crippen LogP contribution >= 0.6 is 0 Å². The molecule has 17 heavy (non-hydrogen) atoms. The molecule has 0 saturated carbocycles. The first-order valence-corrected chi connectivity index (χ1v) is 4.75. The van der Waals surface area contributed by atoms with E-state index in [1.54, 1.807) is 0 Å². The van der Waals surface area contributed by atoms with E-state index in [-0.39, 0.29) is 18.4 Å². The lowest BCUT2D eigenvalue weighted by atomic mass is 10.0. The third kappa shape index (κ3) is 3.73. The molecule has 90 valence electrons. The molecule has 0 spiro atoms. The molecule has 0 aliphatic rings. The average molecular weight is 241 g/mol. The molecular weight excluding hydrogens is 232 g/mol. The molecule has 0 aliphatic heterocycles. The van der Waals surface area contributed by atoms with Crippen LogP contribution in [0.15, 0.2) is 23.3 Å². The molecule has 1 atom stereocenters. The molecular formula is C10H9F2N3O2. The number of aliphatic carboxylic acids is 1. The summed E-state index contributed by atoms with van der Waals surface area (Å²) >= 11 is 0. The number of carboxylic acids is 1. The second-order valence-corrected chi connectivity index (χ2v) is 3.32. The third-order valence-corrected chi connectivity index (χ3v) is 2.14. The quantitative estimate of drug-likeness (QED) is 0.487. The Kier molecular flexibility index (Phi) is 4.42. The normalized spacial score (nSPS) is 11.6. The fraction of sp³-hybridized carbons (Fsp3) is 0.300. The highest BCUT2D eigenvalue weighted by Gasteiger charge is 2.16. The van der Waals surface area contributed by atoms with E-state index in [9.17, 15) is 13.6 Å². The minimum atomic E-state index is -1.10. The lowest BCUT2D eigenvalue weighted by molar-refractivity contribution is -0.137. The summed E-state index contributed by atoms with van der Waals surface area (Å²) in [5.74, 6) is -2.50. The standard InChI is InChI=1S/C10H9F2N3O2/c11-6-1-2-8(12)7(5-6)9(14-15-13)3-4-10(16)17/h1-2,5,9H,3-4H2,(H,16,17). The van der Waals surface area contributed by atoms with Gasteiger partial charge in [0, 0.05) is 11.3 Å². The van der Waals surface area contributed by atoms with Crippen LogP contribution in [-0.4, -0.2) is 11.1 Å². The van der Waals surface area contributed by atoms with Crippen LogP contribution in [0, 0.1) is 11.6 Å². The van der Waals surface area contributed by atoms with Crippen molar-refractivity contribution in [3.05, 3.63) is 45.8 Å². The maximum Gasteiger partial charge on any atom is 0.303 e. The number of halogens is 2. The molecule has 1 N–H and O–H groups in total. The number of carboxylic acid groups (broad SMARTS) is 1. The number of hydrogen-bond donors (Lipinski definition) is 1. The van der Waals surface area contributed by atoms with Crippen molar-refractivity contribution < 1.29 is 18.7 Å². The zero-order valence-electron chi connectivity index (χ0n) is 8.68. The molecule has 0 aromatic heterocycles. The Morgan fingerprint density at radius 1 is 1.53 bits per heavy atom. The zero-order chi connectivity index (χ0) is 12.8. The van der Waals surface area contributed by atoms with Gasteiger partial charge in [0.25, 0.3) is 0 Å². The van der Waals surface area contributed by atoms with E-state index < -0.39 is 23.6 Å². The number of hydrogen-bond acceptors (Lipinski definition) is 2. The maximum absolute atomic E-state index is 13.4. The first-order valence-electron chi connectivity index (χ1n) is 4.75. The predicted molar refractivity (Wildman–Crippen MR) is 55.1 cm³/mol.